The molecule has 0 unspecified atom stereocenters. The minimum absolute atomic E-state index is 0.0582. The Labute approximate surface area is 119 Å². The lowest BCUT2D eigenvalue weighted by Crippen LogP contribution is -2.27. The molecule has 0 aliphatic heterocycles. The van der Waals surface area contributed by atoms with E-state index in [9.17, 15) is 13.2 Å². The molecule has 0 bridgehead atoms. The van der Waals surface area contributed by atoms with Crippen LogP contribution in [0, 0.1) is 5.92 Å². The van der Waals surface area contributed by atoms with Crippen molar-refractivity contribution in [3.8, 4) is 0 Å². The third-order valence-corrected chi connectivity index (χ3v) is 5.18. The molecule has 0 spiro atoms. The van der Waals surface area contributed by atoms with Gasteiger partial charge < -0.3 is 10.0 Å². The molecule has 0 amide bonds. The van der Waals surface area contributed by atoms with Crippen molar-refractivity contribution in [2.45, 2.75) is 17.7 Å². The van der Waals surface area contributed by atoms with Gasteiger partial charge in [0.15, 0.2) is 9.84 Å². The highest BCUT2D eigenvalue weighted by Crippen LogP contribution is 2.29. The van der Waals surface area contributed by atoms with Crippen LogP contribution in [0.4, 0.5) is 0 Å². The van der Waals surface area contributed by atoms with Crippen LogP contribution in [0.25, 0.3) is 0 Å². The van der Waals surface area contributed by atoms with E-state index in [0.717, 1.165) is 12.5 Å². The summed E-state index contributed by atoms with van der Waals surface area (Å²) in [5, 5.41) is 8.79. The number of hydrogen-bond acceptors (Lipinski definition) is 4. The summed E-state index contributed by atoms with van der Waals surface area (Å²) in [6, 6.07) is 5.37. The molecule has 1 aliphatic carbocycles. The molecule has 5 nitrogen and oxygen atoms in total. The maximum atomic E-state index is 12.1. The van der Waals surface area contributed by atoms with E-state index >= 15 is 0 Å². The zero-order valence-corrected chi connectivity index (χ0v) is 12.3. The van der Waals surface area contributed by atoms with Gasteiger partial charge in [0.1, 0.15) is 0 Å². The monoisotopic (exact) mass is 297 g/mol. The van der Waals surface area contributed by atoms with Gasteiger partial charge in [0.25, 0.3) is 0 Å². The predicted molar refractivity (Wildman–Crippen MR) is 75.7 cm³/mol. The van der Waals surface area contributed by atoms with E-state index in [-0.39, 0.29) is 16.2 Å². The Bertz CT molecular complexity index is 576. The lowest BCUT2D eigenvalue weighted by molar-refractivity contribution is 0.0697. The Morgan fingerprint density at radius 3 is 2.40 bits per heavy atom. The lowest BCUT2D eigenvalue weighted by Gasteiger charge is -2.16. The highest BCUT2D eigenvalue weighted by molar-refractivity contribution is 7.91. The van der Waals surface area contributed by atoms with Crippen molar-refractivity contribution in [2.75, 3.05) is 25.9 Å². The minimum Gasteiger partial charge on any atom is -0.478 e. The van der Waals surface area contributed by atoms with Crippen molar-refractivity contribution in [1.29, 1.82) is 0 Å². The van der Waals surface area contributed by atoms with Crippen molar-refractivity contribution in [3.63, 3.8) is 0 Å². The average molecular weight is 297 g/mol. The summed E-state index contributed by atoms with van der Waals surface area (Å²) in [6.45, 7) is 1.45. The normalized spacial score (nSPS) is 15.5. The van der Waals surface area contributed by atoms with Gasteiger partial charge in [-0.15, -0.1) is 0 Å². The van der Waals surface area contributed by atoms with Gasteiger partial charge in [0.2, 0.25) is 0 Å². The molecule has 0 saturated heterocycles. The number of hydrogen-bond donors (Lipinski definition) is 1. The molecule has 0 heterocycles. The molecule has 1 aromatic rings. The summed E-state index contributed by atoms with van der Waals surface area (Å²) >= 11 is 0. The number of carbonyl (C=O) groups is 1. The standard InChI is InChI=1S/C14H19NO4S/c1-15(10-11-2-3-11)8-9-20(18,19)13-6-4-12(5-7-13)14(16)17/h4-7,11H,2-3,8-10H2,1H3,(H,16,17). The van der Waals surface area contributed by atoms with Gasteiger partial charge in [-0.2, -0.15) is 0 Å². The first kappa shape index (κ1) is 15.0. The summed E-state index contributed by atoms with van der Waals surface area (Å²) in [7, 11) is -1.42. The summed E-state index contributed by atoms with van der Waals surface area (Å²) in [5.41, 5.74) is 0.0924. The molecule has 0 radical (unpaired) electrons. The van der Waals surface area contributed by atoms with Gasteiger partial charge in [-0.1, -0.05) is 0 Å². The molecule has 1 saturated carbocycles. The van der Waals surface area contributed by atoms with Crippen molar-refractivity contribution in [1.82, 2.24) is 4.90 Å². The SMILES string of the molecule is CN(CCS(=O)(=O)c1ccc(C(=O)O)cc1)CC1CC1. The Morgan fingerprint density at radius 2 is 1.90 bits per heavy atom. The van der Waals surface area contributed by atoms with Crippen LogP contribution in [0.3, 0.4) is 0 Å². The maximum absolute atomic E-state index is 12.1. The second-order valence-electron chi connectivity index (χ2n) is 5.35. The van der Waals surface area contributed by atoms with Gasteiger partial charge in [0, 0.05) is 13.1 Å². The van der Waals surface area contributed by atoms with Gasteiger partial charge in [-0.3, -0.25) is 0 Å². The number of nitrogens with zero attached hydrogens (tertiary/aromatic N) is 1. The largest absolute Gasteiger partial charge is 0.478 e. The Balaban J connectivity index is 1.96. The van der Waals surface area contributed by atoms with E-state index < -0.39 is 15.8 Å². The maximum Gasteiger partial charge on any atom is 0.335 e. The molecule has 0 atom stereocenters. The van der Waals surface area contributed by atoms with E-state index in [0.29, 0.717) is 6.54 Å². The fraction of sp³-hybridized carbons (Fsp3) is 0.500. The van der Waals surface area contributed by atoms with E-state index in [2.05, 4.69) is 0 Å². The molecule has 1 aliphatic rings. The summed E-state index contributed by atoms with van der Waals surface area (Å²) in [6.07, 6.45) is 2.49. The first-order chi connectivity index (χ1) is 9.38. The van der Waals surface area contributed by atoms with E-state index in [1.165, 1.54) is 37.1 Å². The smallest absolute Gasteiger partial charge is 0.335 e. The summed E-state index contributed by atoms with van der Waals surface area (Å²) in [4.78, 5) is 13.0. The molecule has 1 aromatic carbocycles. The molecule has 1 N–H and O–H groups in total. The molecular formula is C14H19NO4S. The molecule has 0 aromatic heterocycles. The minimum atomic E-state index is -3.35. The fourth-order valence-corrected chi connectivity index (χ4v) is 3.37. The fourth-order valence-electron chi connectivity index (χ4n) is 2.03. The number of carboxylic acid groups (broad SMARTS) is 1. The van der Waals surface area contributed by atoms with Gasteiger partial charge in [-0.25, -0.2) is 13.2 Å². The Kier molecular flexibility index (Phi) is 4.45. The quantitative estimate of drug-likeness (QED) is 0.825. The van der Waals surface area contributed by atoms with Crippen LogP contribution in [0.5, 0.6) is 0 Å². The molecular weight excluding hydrogens is 278 g/mol. The topological polar surface area (TPSA) is 74.7 Å². The molecule has 2 rings (SSSR count). The van der Waals surface area contributed by atoms with Crippen LogP contribution in [0.15, 0.2) is 29.2 Å². The summed E-state index contributed by atoms with van der Waals surface area (Å²) in [5.74, 6) is -0.265. The van der Waals surface area contributed by atoms with Crippen molar-refractivity contribution in [2.24, 2.45) is 5.92 Å². The van der Waals surface area contributed by atoms with E-state index in [4.69, 9.17) is 5.11 Å². The number of benzene rings is 1. The number of aromatic carboxylic acids is 1. The first-order valence-electron chi connectivity index (χ1n) is 6.63. The van der Waals surface area contributed by atoms with E-state index in [1.807, 2.05) is 11.9 Å². The van der Waals surface area contributed by atoms with Crippen LogP contribution < -0.4 is 0 Å². The van der Waals surface area contributed by atoms with Crippen molar-refractivity contribution in [3.05, 3.63) is 29.8 Å². The summed E-state index contributed by atoms with van der Waals surface area (Å²) < 4.78 is 24.3. The zero-order chi connectivity index (χ0) is 14.8. The van der Waals surface area contributed by atoms with Gasteiger partial charge >= 0.3 is 5.97 Å². The first-order valence-corrected chi connectivity index (χ1v) is 8.28. The third-order valence-electron chi connectivity index (χ3n) is 3.47. The van der Waals surface area contributed by atoms with Crippen LogP contribution in [0.1, 0.15) is 23.2 Å². The highest BCUT2D eigenvalue weighted by Gasteiger charge is 2.23. The van der Waals surface area contributed by atoms with Crippen molar-refractivity contribution >= 4 is 15.8 Å². The number of sulfone groups is 1. The van der Waals surface area contributed by atoms with Crippen LogP contribution in [-0.2, 0) is 9.84 Å². The third kappa shape index (κ3) is 4.05. The Hall–Kier alpha value is -1.40. The Morgan fingerprint density at radius 1 is 1.30 bits per heavy atom. The van der Waals surface area contributed by atoms with Crippen LogP contribution in [0.2, 0.25) is 0 Å². The second kappa shape index (κ2) is 5.93. The van der Waals surface area contributed by atoms with Crippen LogP contribution >= 0.6 is 0 Å². The van der Waals surface area contributed by atoms with Gasteiger partial charge in [0.05, 0.1) is 16.2 Å². The second-order valence-corrected chi connectivity index (χ2v) is 7.46. The number of carboxylic acids is 1. The zero-order valence-electron chi connectivity index (χ0n) is 11.4. The van der Waals surface area contributed by atoms with Gasteiger partial charge in [-0.05, 0) is 50.1 Å². The van der Waals surface area contributed by atoms with E-state index in [1.54, 1.807) is 0 Å². The lowest BCUT2D eigenvalue weighted by atomic mass is 10.2. The number of rotatable bonds is 7. The van der Waals surface area contributed by atoms with Crippen LogP contribution in [-0.4, -0.2) is 50.3 Å². The molecule has 1 fully saturated rings. The molecule has 20 heavy (non-hydrogen) atoms. The molecule has 110 valence electrons. The highest BCUT2D eigenvalue weighted by atomic mass is 32.2. The predicted octanol–water partition coefficient (Wildman–Crippen LogP) is 1.50. The average Bonchev–Trinajstić information content (AvgIpc) is 3.20. The molecule has 6 heteroatoms. The van der Waals surface area contributed by atoms with Crippen molar-refractivity contribution < 1.29 is 18.3 Å².